The Hall–Kier alpha value is -2.87. The number of H-pyrrole nitrogens is 1. The van der Waals surface area contributed by atoms with Gasteiger partial charge in [-0.05, 0) is 55.8 Å². The number of halogens is 1. The molecule has 8 heteroatoms. The number of nitrogens with one attached hydrogen (secondary N) is 1. The highest BCUT2D eigenvalue weighted by atomic mass is 32.2. The topological polar surface area (TPSA) is 75.0 Å². The van der Waals surface area contributed by atoms with Crippen molar-refractivity contribution in [3.8, 4) is 0 Å². The molecule has 0 aliphatic heterocycles. The van der Waals surface area contributed by atoms with Crippen LogP contribution in [0.2, 0.25) is 0 Å². The lowest BCUT2D eigenvalue weighted by Gasteiger charge is -2.20. The number of rotatable bonds is 8. The lowest BCUT2D eigenvalue weighted by Crippen LogP contribution is -2.31. The summed E-state index contributed by atoms with van der Waals surface area (Å²) in [6.45, 7) is 4.69. The Morgan fingerprint density at radius 2 is 2.18 bits per heavy atom. The summed E-state index contributed by atoms with van der Waals surface area (Å²) in [5.41, 5.74) is 0.763. The third-order valence-electron chi connectivity index (χ3n) is 3.97. The number of aryl methyl sites for hydroxylation is 1. The van der Waals surface area contributed by atoms with Crippen molar-refractivity contribution < 1.29 is 13.6 Å². The summed E-state index contributed by atoms with van der Waals surface area (Å²) >= 11 is 1.26. The van der Waals surface area contributed by atoms with Gasteiger partial charge in [-0.3, -0.25) is 9.89 Å². The second kappa shape index (κ2) is 9.36. The Labute approximate surface area is 166 Å². The van der Waals surface area contributed by atoms with Crippen LogP contribution < -0.4 is 0 Å². The van der Waals surface area contributed by atoms with Crippen LogP contribution in [0.1, 0.15) is 29.8 Å². The van der Waals surface area contributed by atoms with Crippen molar-refractivity contribution in [2.75, 3.05) is 12.3 Å². The normalized spacial score (nSPS) is 11.2. The van der Waals surface area contributed by atoms with Crippen molar-refractivity contribution in [2.24, 2.45) is 0 Å². The highest BCUT2D eigenvalue weighted by Gasteiger charge is 2.14. The highest BCUT2D eigenvalue weighted by molar-refractivity contribution is 7.99. The van der Waals surface area contributed by atoms with E-state index >= 15 is 0 Å². The average molecular weight is 400 g/mol. The first-order chi connectivity index (χ1) is 13.5. The standard InChI is InChI=1S/C20H21FN4O2S/c1-3-25(12-15-5-4-6-16(21)11-15)19(26)13-28-20-22-18(23-24-20)10-9-17-8-7-14(2)27-17/h4-11H,3,12-13H2,1-2H3,(H,22,23,24)/b10-9+. The van der Waals surface area contributed by atoms with Crippen LogP contribution in [-0.2, 0) is 11.3 Å². The minimum atomic E-state index is -0.304. The van der Waals surface area contributed by atoms with Crippen molar-refractivity contribution in [1.29, 1.82) is 0 Å². The first kappa shape index (κ1) is 19.9. The number of furan rings is 1. The minimum Gasteiger partial charge on any atom is -0.462 e. The number of carbonyl (C=O) groups is 1. The summed E-state index contributed by atoms with van der Waals surface area (Å²) in [6, 6.07) is 10.0. The Kier molecular flexibility index (Phi) is 6.65. The molecule has 0 aliphatic carbocycles. The van der Waals surface area contributed by atoms with Crippen molar-refractivity contribution >= 4 is 29.8 Å². The fourth-order valence-electron chi connectivity index (χ4n) is 2.55. The predicted octanol–water partition coefficient (Wildman–Crippen LogP) is 4.16. The summed E-state index contributed by atoms with van der Waals surface area (Å²) in [5.74, 6) is 2.00. The van der Waals surface area contributed by atoms with Gasteiger partial charge in [0.05, 0.1) is 5.75 Å². The molecule has 6 nitrogen and oxygen atoms in total. The van der Waals surface area contributed by atoms with Gasteiger partial charge < -0.3 is 9.32 Å². The van der Waals surface area contributed by atoms with Gasteiger partial charge >= 0.3 is 0 Å². The van der Waals surface area contributed by atoms with Gasteiger partial charge in [-0.25, -0.2) is 9.37 Å². The number of hydrogen-bond donors (Lipinski definition) is 1. The van der Waals surface area contributed by atoms with E-state index in [9.17, 15) is 9.18 Å². The molecule has 0 saturated carbocycles. The largest absolute Gasteiger partial charge is 0.462 e. The van der Waals surface area contributed by atoms with E-state index in [1.54, 1.807) is 29.2 Å². The Bertz CT molecular complexity index is 967. The molecule has 0 atom stereocenters. The van der Waals surface area contributed by atoms with E-state index in [4.69, 9.17) is 4.42 Å². The van der Waals surface area contributed by atoms with Crippen molar-refractivity contribution in [3.05, 3.63) is 65.1 Å². The maximum atomic E-state index is 13.3. The highest BCUT2D eigenvalue weighted by Crippen LogP contribution is 2.16. The molecule has 28 heavy (non-hydrogen) atoms. The van der Waals surface area contributed by atoms with Crippen molar-refractivity contribution in [3.63, 3.8) is 0 Å². The van der Waals surface area contributed by atoms with Crippen molar-refractivity contribution in [1.82, 2.24) is 20.1 Å². The Balaban J connectivity index is 1.53. The second-order valence-electron chi connectivity index (χ2n) is 6.11. The number of amides is 1. The number of thioether (sulfide) groups is 1. The molecule has 1 amide bonds. The summed E-state index contributed by atoms with van der Waals surface area (Å²) in [6.07, 6.45) is 3.56. The zero-order valence-electron chi connectivity index (χ0n) is 15.7. The molecule has 2 heterocycles. The van der Waals surface area contributed by atoms with Crippen LogP contribution in [-0.4, -0.2) is 38.3 Å². The maximum Gasteiger partial charge on any atom is 0.233 e. The molecule has 0 aliphatic rings. The maximum absolute atomic E-state index is 13.3. The summed E-state index contributed by atoms with van der Waals surface area (Å²) < 4.78 is 18.8. The Morgan fingerprint density at radius 3 is 2.89 bits per heavy atom. The fourth-order valence-corrected chi connectivity index (χ4v) is 3.26. The van der Waals surface area contributed by atoms with Crippen LogP contribution in [0.4, 0.5) is 4.39 Å². The number of nitrogens with zero attached hydrogens (tertiary/aromatic N) is 3. The van der Waals surface area contributed by atoms with E-state index in [2.05, 4.69) is 15.2 Å². The number of aromatic nitrogens is 3. The number of aromatic amines is 1. The smallest absolute Gasteiger partial charge is 0.233 e. The van der Waals surface area contributed by atoms with Crippen LogP contribution in [0.3, 0.4) is 0 Å². The average Bonchev–Trinajstić information content (AvgIpc) is 3.31. The molecule has 0 spiro atoms. The third-order valence-corrected chi connectivity index (χ3v) is 4.80. The van der Waals surface area contributed by atoms with Crippen molar-refractivity contribution in [2.45, 2.75) is 25.5 Å². The SMILES string of the molecule is CCN(Cc1cccc(F)c1)C(=O)CSc1n[nH]c(/C=C/c2ccc(C)o2)n1. The molecule has 3 aromatic rings. The first-order valence-electron chi connectivity index (χ1n) is 8.85. The summed E-state index contributed by atoms with van der Waals surface area (Å²) in [7, 11) is 0. The third kappa shape index (κ3) is 5.56. The lowest BCUT2D eigenvalue weighted by molar-refractivity contribution is -0.128. The van der Waals surface area contributed by atoms with E-state index in [-0.39, 0.29) is 17.5 Å². The molecule has 0 bridgehead atoms. The van der Waals surface area contributed by atoms with E-state index < -0.39 is 0 Å². The molecule has 0 saturated heterocycles. The van der Waals surface area contributed by atoms with Crippen LogP contribution in [0.25, 0.3) is 12.2 Å². The summed E-state index contributed by atoms with van der Waals surface area (Å²) in [4.78, 5) is 18.5. The monoisotopic (exact) mass is 400 g/mol. The Morgan fingerprint density at radius 1 is 1.32 bits per heavy atom. The molecule has 1 aromatic carbocycles. The van der Waals surface area contributed by atoms with E-state index in [1.807, 2.05) is 26.0 Å². The van der Waals surface area contributed by atoms with Gasteiger partial charge in [0.1, 0.15) is 23.2 Å². The van der Waals surface area contributed by atoms with Crippen LogP contribution in [0.15, 0.2) is 46.0 Å². The van der Waals surface area contributed by atoms with Crippen LogP contribution in [0.5, 0.6) is 0 Å². The van der Waals surface area contributed by atoms with E-state index in [0.717, 1.165) is 17.1 Å². The predicted molar refractivity (Wildman–Crippen MR) is 107 cm³/mol. The number of carbonyl (C=O) groups excluding carboxylic acids is 1. The summed E-state index contributed by atoms with van der Waals surface area (Å²) in [5, 5.41) is 7.42. The molecule has 0 unspecified atom stereocenters. The van der Waals surface area contributed by atoms with Gasteiger partial charge in [0.15, 0.2) is 0 Å². The molecule has 0 fully saturated rings. The zero-order chi connectivity index (χ0) is 19.9. The number of hydrogen-bond acceptors (Lipinski definition) is 5. The second-order valence-corrected chi connectivity index (χ2v) is 7.05. The quantitative estimate of drug-likeness (QED) is 0.575. The van der Waals surface area contributed by atoms with E-state index in [0.29, 0.717) is 24.1 Å². The lowest BCUT2D eigenvalue weighted by atomic mass is 10.2. The zero-order valence-corrected chi connectivity index (χ0v) is 16.5. The van der Waals surface area contributed by atoms with Crippen LogP contribution >= 0.6 is 11.8 Å². The molecule has 3 rings (SSSR count). The molecular formula is C20H21FN4O2S. The fraction of sp³-hybridized carbons (Fsp3) is 0.250. The molecule has 1 N–H and O–H groups in total. The van der Waals surface area contributed by atoms with Gasteiger partial charge in [-0.2, -0.15) is 0 Å². The molecule has 2 aromatic heterocycles. The van der Waals surface area contributed by atoms with Gasteiger partial charge in [0.25, 0.3) is 0 Å². The van der Waals surface area contributed by atoms with Gasteiger partial charge in [-0.15, -0.1) is 5.10 Å². The first-order valence-corrected chi connectivity index (χ1v) is 9.84. The van der Waals surface area contributed by atoms with Crippen LogP contribution in [0, 0.1) is 12.7 Å². The molecule has 0 radical (unpaired) electrons. The number of benzene rings is 1. The minimum absolute atomic E-state index is 0.0512. The van der Waals surface area contributed by atoms with Gasteiger partial charge in [-0.1, -0.05) is 23.9 Å². The van der Waals surface area contributed by atoms with E-state index in [1.165, 1.54) is 23.9 Å². The molecular weight excluding hydrogens is 379 g/mol. The molecule has 146 valence electrons. The van der Waals surface area contributed by atoms with Gasteiger partial charge in [0.2, 0.25) is 11.1 Å². The van der Waals surface area contributed by atoms with Gasteiger partial charge in [0, 0.05) is 13.1 Å².